The molecule has 2 aromatic heterocycles. The van der Waals surface area contributed by atoms with Gasteiger partial charge >= 0.3 is 0 Å². The molecule has 4 rings (SSSR count). The molecular formula is C22H20FN3O3S2. The molecule has 1 aliphatic rings. The number of amides is 3. The lowest BCUT2D eigenvalue weighted by Crippen LogP contribution is -2.49. The van der Waals surface area contributed by atoms with Gasteiger partial charge in [-0.25, -0.2) is 4.39 Å². The number of hydrogen-bond acceptors (Lipinski definition) is 5. The molecule has 3 amide bonds. The maximum Gasteiger partial charge on any atom is 0.279 e. The fraction of sp³-hybridized carbons (Fsp3) is 0.227. The van der Waals surface area contributed by atoms with Gasteiger partial charge in [0.2, 0.25) is 5.91 Å². The molecule has 6 nitrogen and oxygen atoms in total. The first-order valence-corrected chi connectivity index (χ1v) is 11.5. The van der Waals surface area contributed by atoms with E-state index in [2.05, 4.69) is 10.9 Å². The Morgan fingerprint density at radius 2 is 1.81 bits per heavy atom. The van der Waals surface area contributed by atoms with Crippen LogP contribution in [0.3, 0.4) is 0 Å². The second kappa shape index (κ2) is 9.40. The van der Waals surface area contributed by atoms with Crippen LogP contribution >= 0.6 is 22.7 Å². The SMILES string of the molecule is O=C(NNC(=O)C1CCCN(C(=O)c2cccs2)C1)c1ccc(-c2ccc(F)cc2)s1. The highest BCUT2D eigenvalue weighted by atomic mass is 32.1. The number of hydrogen-bond donors (Lipinski definition) is 2. The van der Waals surface area contributed by atoms with E-state index >= 15 is 0 Å². The van der Waals surface area contributed by atoms with Crippen LogP contribution in [0, 0.1) is 11.7 Å². The summed E-state index contributed by atoms with van der Waals surface area (Å²) in [5.74, 6) is -1.50. The molecule has 9 heteroatoms. The van der Waals surface area contributed by atoms with Crippen molar-refractivity contribution in [2.75, 3.05) is 13.1 Å². The molecule has 1 fully saturated rings. The topological polar surface area (TPSA) is 78.5 Å². The Balaban J connectivity index is 1.31. The first-order chi connectivity index (χ1) is 15.0. The Morgan fingerprint density at radius 3 is 2.55 bits per heavy atom. The summed E-state index contributed by atoms with van der Waals surface area (Å²) >= 11 is 2.63. The third-order valence-electron chi connectivity index (χ3n) is 5.07. The fourth-order valence-corrected chi connectivity index (χ4v) is 5.04. The number of nitrogens with zero attached hydrogens (tertiary/aromatic N) is 1. The predicted molar refractivity (Wildman–Crippen MR) is 118 cm³/mol. The van der Waals surface area contributed by atoms with Crippen molar-refractivity contribution in [2.45, 2.75) is 12.8 Å². The van der Waals surface area contributed by atoms with Gasteiger partial charge in [0.25, 0.3) is 11.8 Å². The Morgan fingerprint density at radius 1 is 1.00 bits per heavy atom. The Hall–Kier alpha value is -3.04. The number of carbonyl (C=O) groups is 3. The van der Waals surface area contributed by atoms with Crippen LogP contribution in [0.1, 0.15) is 32.2 Å². The highest BCUT2D eigenvalue weighted by molar-refractivity contribution is 7.17. The van der Waals surface area contributed by atoms with Gasteiger partial charge in [-0.1, -0.05) is 18.2 Å². The van der Waals surface area contributed by atoms with Crippen LogP contribution in [-0.2, 0) is 4.79 Å². The molecule has 3 heterocycles. The van der Waals surface area contributed by atoms with Gasteiger partial charge in [0.1, 0.15) is 5.82 Å². The lowest BCUT2D eigenvalue weighted by Gasteiger charge is -2.31. The number of rotatable bonds is 4. The number of carbonyl (C=O) groups excluding carboxylic acids is 3. The van der Waals surface area contributed by atoms with Crippen molar-refractivity contribution in [1.29, 1.82) is 0 Å². The van der Waals surface area contributed by atoms with Crippen molar-refractivity contribution < 1.29 is 18.8 Å². The molecule has 1 unspecified atom stereocenters. The minimum atomic E-state index is -0.422. The van der Waals surface area contributed by atoms with Crippen LogP contribution in [0.25, 0.3) is 10.4 Å². The van der Waals surface area contributed by atoms with E-state index in [1.807, 2.05) is 11.4 Å². The molecule has 2 N–H and O–H groups in total. The van der Waals surface area contributed by atoms with Crippen molar-refractivity contribution in [2.24, 2.45) is 5.92 Å². The number of hydrazine groups is 1. The summed E-state index contributed by atoms with van der Waals surface area (Å²) in [4.78, 5) is 41.1. The van der Waals surface area contributed by atoms with Gasteiger partial charge in [-0.15, -0.1) is 22.7 Å². The van der Waals surface area contributed by atoms with Gasteiger partial charge in [0.15, 0.2) is 0 Å². The second-order valence-electron chi connectivity index (χ2n) is 7.18. The molecule has 3 aromatic rings. The quantitative estimate of drug-likeness (QED) is 0.583. The van der Waals surface area contributed by atoms with Crippen molar-refractivity contribution in [3.05, 3.63) is 69.5 Å². The van der Waals surface area contributed by atoms with Crippen molar-refractivity contribution in [1.82, 2.24) is 15.8 Å². The predicted octanol–water partition coefficient (Wildman–Crippen LogP) is 3.93. The molecule has 1 atom stereocenters. The molecule has 160 valence electrons. The zero-order chi connectivity index (χ0) is 21.8. The number of piperidine rings is 1. The minimum Gasteiger partial charge on any atom is -0.337 e. The first kappa shape index (κ1) is 21.2. The molecule has 0 aliphatic carbocycles. The maximum atomic E-state index is 13.1. The van der Waals surface area contributed by atoms with Crippen LogP contribution in [-0.4, -0.2) is 35.7 Å². The molecule has 1 aromatic carbocycles. The van der Waals surface area contributed by atoms with Gasteiger partial charge in [0, 0.05) is 18.0 Å². The molecule has 1 aliphatic heterocycles. The average Bonchev–Trinajstić information content (AvgIpc) is 3.50. The van der Waals surface area contributed by atoms with Crippen LogP contribution in [0.15, 0.2) is 53.9 Å². The monoisotopic (exact) mass is 457 g/mol. The lowest BCUT2D eigenvalue weighted by atomic mass is 9.97. The van der Waals surface area contributed by atoms with E-state index in [0.717, 1.165) is 16.9 Å². The molecule has 0 saturated carbocycles. The van der Waals surface area contributed by atoms with Crippen LogP contribution in [0.5, 0.6) is 0 Å². The summed E-state index contributed by atoms with van der Waals surface area (Å²) in [6.45, 7) is 0.945. The normalized spacial score (nSPS) is 16.0. The summed E-state index contributed by atoms with van der Waals surface area (Å²) in [5.41, 5.74) is 5.75. The molecule has 0 radical (unpaired) electrons. The van der Waals surface area contributed by atoms with Gasteiger partial charge < -0.3 is 4.90 Å². The fourth-order valence-electron chi connectivity index (χ4n) is 3.44. The van der Waals surface area contributed by atoms with Crippen LogP contribution in [0.2, 0.25) is 0 Å². The van der Waals surface area contributed by atoms with E-state index in [0.29, 0.717) is 29.3 Å². The summed E-state index contributed by atoms with van der Waals surface area (Å²) in [7, 11) is 0. The molecular weight excluding hydrogens is 437 g/mol. The van der Waals surface area contributed by atoms with Gasteiger partial charge in [-0.2, -0.15) is 0 Å². The summed E-state index contributed by atoms with van der Waals surface area (Å²) < 4.78 is 13.1. The van der Waals surface area contributed by atoms with Crippen molar-refractivity contribution >= 4 is 40.4 Å². The zero-order valence-electron chi connectivity index (χ0n) is 16.5. The minimum absolute atomic E-state index is 0.0663. The Labute approximate surface area is 186 Å². The molecule has 0 bridgehead atoms. The second-order valence-corrected chi connectivity index (χ2v) is 9.21. The smallest absolute Gasteiger partial charge is 0.279 e. The summed E-state index contributed by atoms with van der Waals surface area (Å²) in [6, 6.07) is 13.1. The highest BCUT2D eigenvalue weighted by Gasteiger charge is 2.29. The summed E-state index contributed by atoms with van der Waals surface area (Å²) in [5, 5.41) is 1.85. The third-order valence-corrected chi connectivity index (χ3v) is 7.06. The van der Waals surface area contributed by atoms with E-state index < -0.39 is 5.91 Å². The van der Waals surface area contributed by atoms with E-state index in [9.17, 15) is 18.8 Å². The number of thiophene rings is 2. The number of nitrogens with one attached hydrogen (secondary N) is 2. The van der Waals surface area contributed by atoms with Crippen LogP contribution < -0.4 is 10.9 Å². The summed E-state index contributed by atoms with van der Waals surface area (Å²) in [6.07, 6.45) is 1.39. The van der Waals surface area contributed by atoms with E-state index in [-0.39, 0.29) is 23.5 Å². The Bertz CT molecular complexity index is 1080. The first-order valence-electron chi connectivity index (χ1n) is 9.80. The van der Waals surface area contributed by atoms with Gasteiger partial charge in [-0.05, 0) is 54.1 Å². The lowest BCUT2D eigenvalue weighted by molar-refractivity contribution is -0.127. The van der Waals surface area contributed by atoms with Crippen molar-refractivity contribution in [3.63, 3.8) is 0 Å². The van der Waals surface area contributed by atoms with E-state index in [4.69, 9.17) is 0 Å². The van der Waals surface area contributed by atoms with Gasteiger partial charge in [0.05, 0.1) is 15.7 Å². The number of benzene rings is 1. The molecule has 1 saturated heterocycles. The maximum absolute atomic E-state index is 13.1. The average molecular weight is 458 g/mol. The molecule has 31 heavy (non-hydrogen) atoms. The number of likely N-dealkylation sites (tertiary alicyclic amines) is 1. The van der Waals surface area contributed by atoms with Gasteiger partial charge in [-0.3, -0.25) is 25.2 Å². The van der Waals surface area contributed by atoms with Crippen LogP contribution in [0.4, 0.5) is 4.39 Å². The highest BCUT2D eigenvalue weighted by Crippen LogP contribution is 2.28. The van der Waals surface area contributed by atoms with E-state index in [1.54, 1.807) is 35.2 Å². The standard InChI is InChI=1S/C22H20FN3O3S2/c23-16-7-5-14(6-8-16)17-9-10-18(31-17)21(28)25-24-20(27)15-3-1-11-26(13-15)22(29)19-4-2-12-30-19/h2,4-10,12,15H,1,3,11,13H2,(H,24,27)(H,25,28). The largest absolute Gasteiger partial charge is 0.337 e. The van der Waals surface area contributed by atoms with E-state index in [1.165, 1.54) is 34.8 Å². The number of halogens is 1. The van der Waals surface area contributed by atoms with Crippen molar-refractivity contribution in [3.8, 4) is 10.4 Å². The molecule has 0 spiro atoms. The zero-order valence-corrected chi connectivity index (χ0v) is 18.1. The third kappa shape index (κ3) is 5.00. The Kier molecular flexibility index (Phi) is 6.43.